The number of carbonyl (C=O) groups is 1. The SMILES string of the molecule is CCc1noc(C)c1C(=O)N1CCC[C@H]1c1ncc(C)[nH]1. The monoisotopic (exact) mass is 288 g/mol. The second kappa shape index (κ2) is 5.35. The van der Waals surface area contributed by atoms with Crippen LogP contribution >= 0.6 is 0 Å². The molecule has 6 nitrogen and oxygen atoms in total. The molecule has 2 aromatic rings. The van der Waals surface area contributed by atoms with Gasteiger partial charge in [0.1, 0.15) is 17.1 Å². The van der Waals surface area contributed by atoms with Gasteiger partial charge < -0.3 is 14.4 Å². The van der Waals surface area contributed by atoms with E-state index in [9.17, 15) is 4.79 Å². The number of carbonyl (C=O) groups excluding carboxylic acids is 1. The summed E-state index contributed by atoms with van der Waals surface area (Å²) in [5.41, 5.74) is 2.37. The predicted octanol–water partition coefficient (Wildman–Crippen LogP) is 2.55. The second-order valence-electron chi connectivity index (χ2n) is 5.52. The van der Waals surface area contributed by atoms with Crippen molar-refractivity contribution in [1.29, 1.82) is 0 Å². The molecule has 1 aliphatic heterocycles. The van der Waals surface area contributed by atoms with E-state index < -0.39 is 0 Å². The smallest absolute Gasteiger partial charge is 0.260 e. The van der Waals surface area contributed by atoms with Gasteiger partial charge in [0.2, 0.25) is 0 Å². The molecular weight excluding hydrogens is 268 g/mol. The summed E-state index contributed by atoms with van der Waals surface area (Å²) >= 11 is 0. The summed E-state index contributed by atoms with van der Waals surface area (Å²) in [6, 6.07) is 0.0187. The number of amides is 1. The van der Waals surface area contributed by atoms with Crippen LogP contribution in [0.1, 0.15) is 59.1 Å². The van der Waals surface area contributed by atoms with Crippen LogP contribution in [-0.2, 0) is 6.42 Å². The number of likely N-dealkylation sites (tertiary alicyclic amines) is 1. The molecule has 0 aliphatic carbocycles. The number of imidazole rings is 1. The average molecular weight is 288 g/mol. The Labute approximate surface area is 123 Å². The summed E-state index contributed by atoms with van der Waals surface area (Å²) in [5, 5.41) is 3.98. The van der Waals surface area contributed by atoms with Crippen LogP contribution in [0.2, 0.25) is 0 Å². The molecule has 1 fully saturated rings. The largest absolute Gasteiger partial charge is 0.361 e. The van der Waals surface area contributed by atoms with Crippen molar-refractivity contribution in [3.8, 4) is 0 Å². The Morgan fingerprint density at radius 2 is 2.33 bits per heavy atom. The number of aromatic nitrogens is 3. The zero-order valence-corrected chi connectivity index (χ0v) is 12.6. The van der Waals surface area contributed by atoms with Crippen LogP contribution in [0.4, 0.5) is 0 Å². The highest BCUT2D eigenvalue weighted by molar-refractivity contribution is 5.96. The molecule has 0 spiro atoms. The summed E-state index contributed by atoms with van der Waals surface area (Å²) in [6.45, 7) is 6.49. The third kappa shape index (κ3) is 2.34. The highest BCUT2D eigenvalue weighted by Crippen LogP contribution is 2.32. The maximum absolute atomic E-state index is 12.9. The number of aromatic amines is 1. The molecule has 1 atom stereocenters. The van der Waals surface area contributed by atoms with Gasteiger partial charge in [-0.15, -0.1) is 0 Å². The molecule has 0 aromatic carbocycles. The summed E-state index contributed by atoms with van der Waals surface area (Å²) in [5.74, 6) is 1.46. The number of aryl methyl sites for hydroxylation is 3. The van der Waals surface area contributed by atoms with E-state index in [4.69, 9.17) is 4.52 Å². The van der Waals surface area contributed by atoms with Crippen molar-refractivity contribution in [1.82, 2.24) is 20.0 Å². The lowest BCUT2D eigenvalue weighted by Gasteiger charge is -2.23. The van der Waals surface area contributed by atoms with Crippen molar-refractivity contribution >= 4 is 5.91 Å². The van der Waals surface area contributed by atoms with Crippen molar-refractivity contribution in [3.63, 3.8) is 0 Å². The molecule has 3 heterocycles. The van der Waals surface area contributed by atoms with Gasteiger partial charge in [-0.25, -0.2) is 4.98 Å². The van der Waals surface area contributed by atoms with E-state index in [1.165, 1.54) is 0 Å². The zero-order valence-electron chi connectivity index (χ0n) is 12.6. The minimum atomic E-state index is 0.00199. The van der Waals surface area contributed by atoms with Crippen molar-refractivity contribution in [2.45, 2.75) is 46.1 Å². The third-order valence-corrected chi connectivity index (χ3v) is 4.03. The van der Waals surface area contributed by atoms with E-state index in [1.54, 1.807) is 13.1 Å². The number of rotatable bonds is 3. The van der Waals surface area contributed by atoms with Gasteiger partial charge in [0.05, 0.1) is 11.7 Å². The minimum absolute atomic E-state index is 0.00199. The topological polar surface area (TPSA) is 75.0 Å². The maximum Gasteiger partial charge on any atom is 0.260 e. The fraction of sp³-hybridized carbons (Fsp3) is 0.533. The Morgan fingerprint density at radius 1 is 1.52 bits per heavy atom. The van der Waals surface area contributed by atoms with Crippen LogP contribution in [0.5, 0.6) is 0 Å². The van der Waals surface area contributed by atoms with E-state index in [-0.39, 0.29) is 11.9 Å². The van der Waals surface area contributed by atoms with Gasteiger partial charge in [0, 0.05) is 18.4 Å². The molecule has 1 aliphatic rings. The fourth-order valence-electron chi connectivity index (χ4n) is 2.97. The Bertz CT molecular complexity index is 658. The first-order valence-corrected chi connectivity index (χ1v) is 7.39. The van der Waals surface area contributed by atoms with Gasteiger partial charge in [0.15, 0.2) is 0 Å². The normalized spacial score (nSPS) is 18.4. The molecule has 1 saturated heterocycles. The van der Waals surface area contributed by atoms with Gasteiger partial charge in [0.25, 0.3) is 5.91 Å². The molecule has 0 radical (unpaired) electrons. The van der Waals surface area contributed by atoms with Crippen LogP contribution in [0.25, 0.3) is 0 Å². The van der Waals surface area contributed by atoms with Crippen molar-refractivity contribution < 1.29 is 9.32 Å². The first-order chi connectivity index (χ1) is 10.1. The Hall–Kier alpha value is -2.11. The van der Waals surface area contributed by atoms with Gasteiger partial charge in [-0.05, 0) is 33.1 Å². The standard InChI is InChI=1S/C15H20N4O2/c1-4-11-13(10(3)21-18-11)15(20)19-7-5-6-12(19)14-16-8-9(2)17-14/h8,12H,4-7H2,1-3H3,(H,16,17)/t12-/m0/s1. The summed E-state index contributed by atoms with van der Waals surface area (Å²) < 4.78 is 5.19. The van der Waals surface area contributed by atoms with Crippen LogP contribution in [0, 0.1) is 13.8 Å². The minimum Gasteiger partial charge on any atom is -0.361 e. The Balaban J connectivity index is 1.91. The Morgan fingerprint density at radius 3 is 3.00 bits per heavy atom. The van der Waals surface area contributed by atoms with Crippen LogP contribution in [0.3, 0.4) is 0 Å². The van der Waals surface area contributed by atoms with E-state index in [1.807, 2.05) is 18.7 Å². The Kier molecular flexibility index (Phi) is 3.53. The molecule has 0 unspecified atom stereocenters. The van der Waals surface area contributed by atoms with Crippen molar-refractivity contribution in [3.05, 3.63) is 34.7 Å². The molecule has 3 rings (SSSR count). The summed E-state index contributed by atoms with van der Waals surface area (Å²) in [6.07, 6.45) is 4.42. The summed E-state index contributed by atoms with van der Waals surface area (Å²) in [7, 11) is 0. The van der Waals surface area contributed by atoms with Gasteiger partial charge in [-0.3, -0.25) is 4.79 Å². The highest BCUT2D eigenvalue weighted by atomic mass is 16.5. The van der Waals surface area contributed by atoms with E-state index in [2.05, 4.69) is 15.1 Å². The molecule has 1 N–H and O–H groups in total. The molecule has 21 heavy (non-hydrogen) atoms. The van der Waals surface area contributed by atoms with E-state index in [0.29, 0.717) is 17.7 Å². The predicted molar refractivity (Wildman–Crippen MR) is 77.0 cm³/mol. The van der Waals surface area contributed by atoms with Crippen LogP contribution in [0.15, 0.2) is 10.7 Å². The number of nitrogens with one attached hydrogen (secondary N) is 1. The van der Waals surface area contributed by atoms with Crippen molar-refractivity contribution in [2.75, 3.05) is 6.54 Å². The van der Waals surface area contributed by atoms with Gasteiger partial charge >= 0.3 is 0 Å². The molecule has 1 amide bonds. The fourth-order valence-corrected chi connectivity index (χ4v) is 2.97. The van der Waals surface area contributed by atoms with E-state index in [0.717, 1.165) is 36.6 Å². The average Bonchev–Trinajstić information content (AvgIpc) is 3.16. The zero-order chi connectivity index (χ0) is 15.0. The number of hydrogen-bond acceptors (Lipinski definition) is 4. The van der Waals surface area contributed by atoms with Crippen molar-refractivity contribution in [2.24, 2.45) is 0 Å². The van der Waals surface area contributed by atoms with E-state index >= 15 is 0 Å². The van der Waals surface area contributed by atoms with Crippen LogP contribution in [-0.4, -0.2) is 32.5 Å². The number of hydrogen-bond donors (Lipinski definition) is 1. The first-order valence-electron chi connectivity index (χ1n) is 7.39. The van der Waals surface area contributed by atoms with Gasteiger partial charge in [-0.2, -0.15) is 0 Å². The maximum atomic E-state index is 12.9. The third-order valence-electron chi connectivity index (χ3n) is 4.03. The van der Waals surface area contributed by atoms with Gasteiger partial charge in [-0.1, -0.05) is 12.1 Å². The quantitative estimate of drug-likeness (QED) is 0.941. The highest BCUT2D eigenvalue weighted by Gasteiger charge is 2.35. The lowest BCUT2D eigenvalue weighted by Crippen LogP contribution is -2.32. The lowest BCUT2D eigenvalue weighted by atomic mass is 10.1. The lowest BCUT2D eigenvalue weighted by molar-refractivity contribution is 0.0727. The molecule has 0 bridgehead atoms. The molecular formula is C15H20N4O2. The first kappa shape index (κ1) is 13.9. The number of H-pyrrole nitrogens is 1. The molecule has 0 saturated carbocycles. The molecule has 2 aromatic heterocycles. The second-order valence-corrected chi connectivity index (χ2v) is 5.52. The summed E-state index contributed by atoms with van der Waals surface area (Å²) in [4.78, 5) is 22.4. The molecule has 6 heteroatoms. The van der Waals surface area contributed by atoms with Crippen LogP contribution < -0.4 is 0 Å². The number of nitrogens with zero attached hydrogens (tertiary/aromatic N) is 3. The molecule has 112 valence electrons.